The van der Waals surface area contributed by atoms with Crippen LogP contribution in [0.5, 0.6) is 0 Å². The lowest BCUT2D eigenvalue weighted by atomic mass is 10.1. The highest BCUT2D eigenvalue weighted by Crippen LogP contribution is 2.20. The van der Waals surface area contributed by atoms with Gasteiger partial charge in [0.25, 0.3) is 11.6 Å². The summed E-state index contributed by atoms with van der Waals surface area (Å²) in [7, 11) is 0. The van der Waals surface area contributed by atoms with Crippen LogP contribution in [0.15, 0.2) is 42.5 Å². The first-order chi connectivity index (χ1) is 11.9. The lowest BCUT2D eigenvalue weighted by molar-refractivity contribution is -0.385. The fourth-order valence-electron chi connectivity index (χ4n) is 2.60. The fourth-order valence-corrected chi connectivity index (χ4v) is 2.60. The summed E-state index contributed by atoms with van der Waals surface area (Å²) in [6.07, 6.45) is 0. The zero-order valence-electron chi connectivity index (χ0n) is 14.8. The summed E-state index contributed by atoms with van der Waals surface area (Å²) in [4.78, 5) is 25.2. The van der Waals surface area contributed by atoms with Gasteiger partial charge in [-0.15, -0.1) is 0 Å². The quantitative estimate of drug-likeness (QED) is 0.610. The second kappa shape index (κ2) is 8.39. The zero-order valence-corrected chi connectivity index (χ0v) is 14.8. The van der Waals surface area contributed by atoms with Gasteiger partial charge < -0.3 is 5.32 Å². The first-order valence-electron chi connectivity index (χ1n) is 8.32. The molecule has 0 aliphatic heterocycles. The maximum Gasteiger partial charge on any atom is 0.273 e. The number of hydrogen-bond acceptors (Lipinski definition) is 4. The first kappa shape index (κ1) is 18.6. The average Bonchev–Trinajstić information content (AvgIpc) is 2.60. The summed E-state index contributed by atoms with van der Waals surface area (Å²) >= 11 is 0. The van der Waals surface area contributed by atoms with Crippen LogP contribution in [0.25, 0.3) is 0 Å². The summed E-state index contributed by atoms with van der Waals surface area (Å²) in [5.74, 6) is -0.358. The Morgan fingerprint density at radius 1 is 1.16 bits per heavy atom. The largest absolute Gasteiger partial charge is 0.322 e. The average molecular weight is 341 g/mol. The van der Waals surface area contributed by atoms with Crippen LogP contribution in [0.3, 0.4) is 0 Å². The highest BCUT2D eigenvalue weighted by molar-refractivity contribution is 6.04. The van der Waals surface area contributed by atoms with Crippen molar-refractivity contribution in [3.05, 3.63) is 69.3 Å². The minimum absolute atomic E-state index is 0.0528. The molecule has 0 atom stereocenters. The fraction of sp³-hybridized carbons (Fsp3) is 0.316. The number of carbonyl (C=O) groups is 1. The molecule has 1 amide bonds. The Labute approximate surface area is 147 Å². The van der Waals surface area contributed by atoms with Crippen LogP contribution in [0.4, 0.5) is 11.4 Å². The number of hydrogen-bond donors (Lipinski definition) is 1. The summed E-state index contributed by atoms with van der Waals surface area (Å²) in [6.45, 7) is 8.60. The van der Waals surface area contributed by atoms with Crippen molar-refractivity contribution in [1.29, 1.82) is 0 Å². The molecular weight excluding hydrogens is 318 g/mol. The van der Waals surface area contributed by atoms with Crippen LogP contribution in [-0.4, -0.2) is 28.8 Å². The van der Waals surface area contributed by atoms with E-state index in [1.165, 1.54) is 6.07 Å². The van der Waals surface area contributed by atoms with Gasteiger partial charge in [-0.25, -0.2) is 0 Å². The number of aryl methyl sites for hydroxylation is 1. The third kappa shape index (κ3) is 4.87. The van der Waals surface area contributed by atoms with Gasteiger partial charge >= 0.3 is 0 Å². The number of rotatable bonds is 7. The summed E-state index contributed by atoms with van der Waals surface area (Å²) in [5.41, 5.74) is 2.53. The smallest absolute Gasteiger partial charge is 0.273 e. The molecule has 0 saturated heterocycles. The van der Waals surface area contributed by atoms with E-state index in [0.29, 0.717) is 11.3 Å². The van der Waals surface area contributed by atoms with Crippen LogP contribution in [0.1, 0.15) is 35.3 Å². The highest BCUT2D eigenvalue weighted by Gasteiger charge is 2.15. The SMILES string of the molecule is CCN(CC)Cc1cccc(NC(=O)c2ccc(C)c([N+](=O)[O-])c2)c1. The van der Waals surface area contributed by atoms with Crippen LogP contribution >= 0.6 is 0 Å². The summed E-state index contributed by atoms with van der Waals surface area (Å²) in [5, 5.41) is 13.8. The molecule has 6 nitrogen and oxygen atoms in total. The minimum Gasteiger partial charge on any atom is -0.322 e. The molecule has 2 aromatic rings. The Balaban J connectivity index is 2.15. The number of benzene rings is 2. The van der Waals surface area contributed by atoms with E-state index in [0.717, 1.165) is 25.2 Å². The molecule has 2 aromatic carbocycles. The van der Waals surface area contributed by atoms with Gasteiger partial charge in [-0.05, 0) is 43.8 Å². The van der Waals surface area contributed by atoms with Crippen molar-refractivity contribution >= 4 is 17.3 Å². The molecule has 0 aliphatic rings. The molecule has 0 aliphatic carbocycles. The maximum atomic E-state index is 12.4. The van der Waals surface area contributed by atoms with E-state index in [4.69, 9.17) is 0 Å². The van der Waals surface area contributed by atoms with Crippen LogP contribution in [0.2, 0.25) is 0 Å². The predicted octanol–water partition coefficient (Wildman–Crippen LogP) is 4.00. The Morgan fingerprint density at radius 3 is 2.52 bits per heavy atom. The van der Waals surface area contributed by atoms with Crippen molar-refractivity contribution in [3.63, 3.8) is 0 Å². The number of anilines is 1. The number of nitrogens with zero attached hydrogens (tertiary/aromatic N) is 2. The van der Waals surface area contributed by atoms with Crippen molar-refractivity contribution in [3.8, 4) is 0 Å². The van der Waals surface area contributed by atoms with Crippen molar-refractivity contribution in [2.24, 2.45) is 0 Å². The molecule has 132 valence electrons. The van der Waals surface area contributed by atoms with Crippen molar-refractivity contribution in [2.75, 3.05) is 18.4 Å². The molecule has 0 heterocycles. The van der Waals surface area contributed by atoms with Crippen LogP contribution < -0.4 is 5.32 Å². The summed E-state index contributed by atoms with van der Waals surface area (Å²) < 4.78 is 0. The third-order valence-electron chi connectivity index (χ3n) is 4.15. The topological polar surface area (TPSA) is 75.5 Å². The number of nitro benzene ring substituents is 1. The standard InChI is InChI=1S/C19H23N3O3/c1-4-21(5-2)13-15-7-6-8-17(11-15)20-19(23)16-10-9-14(3)18(12-16)22(24)25/h6-12H,4-5,13H2,1-3H3,(H,20,23). The van der Waals surface area contributed by atoms with Gasteiger partial charge in [-0.2, -0.15) is 0 Å². The molecule has 0 radical (unpaired) electrons. The Bertz CT molecular complexity index is 770. The van der Waals surface area contributed by atoms with Crippen LogP contribution in [0, 0.1) is 17.0 Å². The van der Waals surface area contributed by atoms with E-state index in [2.05, 4.69) is 24.1 Å². The monoisotopic (exact) mass is 341 g/mol. The highest BCUT2D eigenvalue weighted by atomic mass is 16.6. The lowest BCUT2D eigenvalue weighted by Gasteiger charge is -2.18. The van der Waals surface area contributed by atoms with E-state index in [9.17, 15) is 14.9 Å². The second-order valence-electron chi connectivity index (χ2n) is 5.87. The molecule has 0 fully saturated rings. The molecule has 0 bridgehead atoms. The van der Waals surface area contributed by atoms with Gasteiger partial charge in [0.2, 0.25) is 0 Å². The van der Waals surface area contributed by atoms with E-state index in [1.807, 2.05) is 24.3 Å². The third-order valence-corrected chi connectivity index (χ3v) is 4.15. The van der Waals surface area contributed by atoms with E-state index >= 15 is 0 Å². The van der Waals surface area contributed by atoms with Gasteiger partial charge in [0.1, 0.15) is 0 Å². The van der Waals surface area contributed by atoms with E-state index < -0.39 is 4.92 Å². The van der Waals surface area contributed by atoms with Crippen LogP contribution in [-0.2, 0) is 6.54 Å². The molecule has 0 aromatic heterocycles. The normalized spacial score (nSPS) is 10.7. The lowest BCUT2D eigenvalue weighted by Crippen LogP contribution is -2.22. The van der Waals surface area contributed by atoms with Gasteiger partial charge in [0.15, 0.2) is 0 Å². The molecule has 0 spiro atoms. The van der Waals surface area contributed by atoms with E-state index in [-0.39, 0.29) is 17.2 Å². The molecule has 6 heteroatoms. The molecule has 25 heavy (non-hydrogen) atoms. The zero-order chi connectivity index (χ0) is 18.4. The Kier molecular flexibility index (Phi) is 6.25. The molecule has 0 unspecified atom stereocenters. The van der Waals surface area contributed by atoms with Crippen molar-refractivity contribution < 1.29 is 9.72 Å². The van der Waals surface area contributed by atoms with Crippen molar-refractivity contribution in [2.45, 2.75) is 27.3 Å². The number of amides is 1. The molecular formula is C19H23N3O3. The molecule has 0 saturated carbocycles. The van der Waals surface area contributed by atoms with E-state index in [1.54, 1.807) is 19.1 Å². The predicted molar refractivity (Wildman–Crippen MR) is 98.9 cm³/mol. The minimum atomic E-state index is -0.475. The number of nitro groups is 1. The summed E-state index contributed by atoms with van der Waals surface area (Å²) in [6, 6.07) is 12.1. The van der Waals surface area contributed by atoms with Gasteiger partial charge in [-0.3, -0.25) is 19.8 Å². The maximum absolute atomic E-state index is 12.4. The Morgan fingerprint density at radius 2 is 1.88 bits per heavy atom. The number of nitrogens with one attached hydrogen (secondary N) is 1. The van der Waals surface area contributed by atoms with Crippen molar-refractivity contribution in [1.82, 2.24) is 4.90 Å². The van der Waals surface area contributed by atoms with Gasteiger partial charge in [-0.1, -0.05) is 32.0 Å². The van der Waals surface area contributed by atoms with Gasteiger partial charge in [0.05, 0.1) is 4.92 Å². The second-order valence-corrected chi connectivity index (χ2v) is 5.87. The molecule has 2 rings (SSSR count). The van der Waals surface area contributed by atoms with Gasteiger partial charge in [0, 0.05) is 29.4 Å². The Hall–Kier alpha value is -2.73. The number of carbonyl (C=O) groups excluding carboxylic acids is 1. The first-order valence-corrected chi connectivity index (χ1v) is 8.32. The molecule has 1 N–H and O–H groups in total.